The molecule has 20 heavy (non-hydrogen) atoms. The molecule has 0 aliphatic heterocycles. The molecule has 0 saturated carbocycles. The Morgan fingerprint density at radius 2 is 2.05 bits per heavy atom. The lowest BCUT2D eigenvalue weighted by atomic mass is 10.1. The molecule has 0 aromatic heterocycles. The summed E-state index contributed by atoms with van der Waals surface area (Å²) in [5.74, 6) is -0.901. The molecule has 2 aromatic carbocycles. The number of rotatable bonds is 2. The van der Waals surface area contributed by atoms with Crippen molar-refractivity contribution in [1.82, 2.24) is 0 Å². The summed E-state index contributed by atoms with van der Waals surface area (Å²) in [5, 5.41) is 9.43. The quantitative estimate of drug-likeness (QED) is 0.826. The molecule has 0 aliphatic rings. The summed E-state index contributed by atoms with van der Waals surface area (Å²) in [6.07, 6.45) is 0. The first kappa shape index (κ1) is 14.3. The van der Waals surface area contributed by atoms with Crippen LogP contribution < -0.4 is 10.6 Å². The lowest BCUT2D eigenvalue weighted by Gasteiger charge is -2.18. The Morgan fingerprint density at radius 3 is 2.70 bits per heavy atom. The molecule has 0 fully saturated rings. The Labute approximate surface area is 123 Å². The summed E-state index contributed by atoms with van der Waals surface area (Å²) in [6, 6.07) is 8.70. The van der Waals surface area contributed by atoms with Crippen molar-refractivity contribution in [3.8, 4) is 5.75 Å². The van der Waals surface area contributed by atoms with Gasteiger partial charge in [0.25, 0.3) is 5.91 Å². The van der Waals surface area contributed by atoms with Crippen molar-refractivity contribution in [2.24, 2.45) is 0 Å². The van der Waals surface area contributed by atoms with E-state index in [1.54, 1.807) is 19.2 Å². The average molecular weight is 339 g/mol. The van der Waals surface area contributed by atoms with Crippen LogP contribution in [0.3, 0.4) is 0 Å². The summed E-state index contributed by atoms with van der Waals surface area (Å²) in [6.45, 7) is 0. The van der Waals surface area contributed by atoms with E-state index in [1.807, 2.05) is 0 Å². The van der Waals surface area contributed by atoms with Gasteiger partial charge in [0, 0.05) is 23.3 Å². The number of carbonyl (C=O) groups excluding carboxylic acids is 1. The third-order valence-corrected chi connectivity index (χ3v) is 3.49. The van der Waals surface area contributed by atoms with E-state index in [2.05, 4.69) is 15.9 Å². The van der Waals surface area contributed by atoms with Crippen LogP contribution in [0.1, 0.15) is 10.4 Å². The normalized spacial score (nSPS) is 10.3. The number of phenolic OH excluding ortho intramolecular Hbond substituents is 1. The number of halogens is 2. The molecule has 2 aromatic rings. The molecule has 0 aliphatic carbocycles. The van der Waals surface area contributed by atoms with E-state index < -0.39 is 5.82 Å². The van der Waals surface area contributed by atoms with Gasteiger partial charge in [0.15, 0.2) is 0 Å². The van der Waals surface area contributed by atoms with Crippen molar-refractivity contribution in [2.75, 3.05) is 17.7 Å². The van der Waals surface area contributed by atoms with E-state index >= 15 is 0 Å². The van der Waals surface area contributed by atoms with Crippen LogP contribution in [0.4, 0.5) is 15.8 Å². The molecule has 104 valence electrons. The number of phenols is 1. The topological polar surface area (TPSA) is 66.6 Å². The summed E-state index contributed by atoms with van der Waals surface area (Å²) >= 11 is 3.14. The van der Waals surface area contributed by atoms with E-state index in [0.29, 0.717) is 10.2 Å². The third-order valence-electron chi connectivity index (χ3n) is 2.84. The molecule has 0 radical (unpaired) electrons. The van der Waals surface area contributed by atoms with Gasteiger partial charge >= 0.3 is 0 Å². The van der Waals surface area contributed by atoms with Gasteiger partial charge in [0.1, 0.15) is 11.6 Å². The zero-order valence-corrected chi connectivity index (χ0v) is 12.2. The predicted molar refractivity (Wildman–Crippen MR) is 79.4 cm³/mol. The number of amides is 1. The fraction of sp³-hybridized carbons (Fsp3) is 0.0714. The van der Waals surface area contributed by atoms with Gasteiger partial charge in [-0.25, -0.2) is 4.39 Å². The van der Waals surface area contributed by atoms with Crippen LogP contribution in [-0.4, -0.2) is 18.1 Å². The Balaban J connectivity index is 2.39. The Kier molecular flexibility index (Phi) is 3.94. The van der Waals surface area contributed by atoms with E-state index in [-0.39, 0.29) is 22.9 Å². The number of carbonyl (C=O) groups is 1. The summed E-state index contributed by atoms with van der Waals surface area (Å²) in [7, 11) is 1.56. The fourth-order valence-corrected chi connectivity index (χ4v) is 2.21. The van der Waals surface area contributed by atoms with Gasteiger partial charge < -0.3 is 15.7 Å². The number of hydrogen-bond acceptors (Lipinski definition) is 3. The monoisotopic (exact) mass is 338 g/mol. The maximum absolute atomic E-state index is 13.3. The molecule has 0 saturated heterocycles. The number of anilines is 2. The van der Waals surface area contributed by atoms with Crippen molar-refractivity contribution in [3.05, 3.63) is 52.3 Å². The maximum atomic E-state index is 13.3. The van der Waals surface area contributed by atoms with Gasteiger partial charge in [-0.3, -0.25) is 4.79 Å². The van der Waals surface area contributed by atoms with Crippen LogP contribution in [0.2, 0.25) is 0 Å². The second kappa shape index (κ2) is 5.50. The standard InChI is InChI=1S/C14H12BrFN2O2/c1-18(8-3-2-4-9(19)5-8)14(20)10-6-13(17)12(16)7-11(10)15/h2-7,19H,17H2,1H3. The second-order valence-electron chi connectivity index (χ2n) is 4.24. The Bertz CT molecular complexity index is 676. The van der Waals surface area contributed by atoms with Crippen LogP contribution in [-0.2, 0) is 0 Å². The SMILES string of the molecule is CN(C(=O)c1cc(N)c(F)cc1Br)c1cccc(O)c1. The Morgan fingerprint density at radius 1 is 1.35 bits per heavy atom. The van der Waals surface area contributed by atoms with Crippen LogP contribution in [0.5, 0.6) is 5.75 Å². The minimum Gasteiger partial charge on any atom is -0.508 e. The first-order valence-electron chi connectivity index (χ1n) is 5.71. The van der Waals surface area contributed by atoms with Crippen molar-refractivity contribution in [2.45, 2.75) is 0 Å². The highest BCUT2D eigenvalue weighted by molar-refractivity contribution is 9.10. The van der Waals surface area contributed by atoms with Crippen LogP contribution in [0, 0.1) is 5.82 Å². The molecular formula is C14H12BrFN2O2. The number of benzene rings is 2. The molecule has 0 heterocycles. The maximum Gasteiger partial charge on any atom is 0.259 e. The molecule has 0 spiro atoms. The van der Waals surface area contributed by atoms with Crippen LogP contribution in [0.15, 0.2) is 40.9 Å². The van der Waals surface area contributed by atoms with E-state index in [4.69, 9.17) is 5.73 Å². The largest absolute Gasteiger partial charge is 0.508 e. The van der Waals surface area contributed by atoms with Gasteiger partial charge in [0.2, 0.25) is 0 Å². The third kappa shape index (κ3) is 2.75. The number of nitrogens with two attached hydrogens (primary N) is 1. The minimum atomic E-state index is -0.589. The molecule has 0 unspecified atom stereocenters. The Hall–Kier alpha value is -2.08. The van der Waals surface area contributed by atoms with E-state index in [9.17, 15) is 14.3 Å². The van der Waals surface area contributed by atoms with Gasteiger partial charge in [-0.2, -0.15) is 0 Å². The zero-order valence-electron chi connectivity index (χ0n) is 10.6. The van der Waals surface area contributed by atoms with E-state index in [0.717, 1.165) is 6.07 Å². The lowest BCUT2D eigenvalue weighted by molar-refractivity contribution is 0.0992. The average Bonchev–Trinajstić information content (AvgIpc) is 2.41. The van der Waals surface area contributed by atoms with Gasteiger partial charge in [-0.05, 0) is 40.2 Å². The molecule has 1 amide bonds. The summed E-state index contributed by atoms with van der Waals surface area (Å²) in [4.78, 5) is 13.7. The zero-order chi connectivity index (χ0) is 14.9. The summed E-state index contributed by atoms with van der Waals surface area (Å²) in [5.41, 5.74) is 6.15. The highest BCUT2D eigenvalue weighted by atomic mass is 79.9. The molecule has 6 heteroatoms. The van der Waals surface area contributed by atoms with Crippen molar-refractivity contribution < 1.29 is 14.3 Å². The number of nitrogen functional groups attached to an aromatic ring is 1. The molecule has 3 N–H and O–H groups in total. The summed E-state index contributed by atoms with van der Waals surface area (Å²) < 4.78 is 13.6. The van der Waals surface area contributed by atoms with Gasteiger partial charge in [-0.15, -0.1) is 0 Å². The highest BCUT2D eigenvalue weighted by Gasteiger charge is 2.18. The van der Waals surface area contributed by atoms with E-state index in [1.165, 1.54) is 23.1 Å². The van der Waals surface area contributed by atoms with Gasteiger partial charge in [-0.1, -0.05) is 6.07 Å². The first-order valence-corrected chi connectivity index (χ1v) is 6.51. The molecular weight excluding hydrogens is 327 g/mol. The second-order valence-corrected chi connectivity index (χ2v) is 5.09. The first-order chi connectivity index (χ1) is 9.40. The lowest BCUT2D eigenvalue weighted by Crippen LogP contribution is -2.26. The number of aromatic hydroxyl groups is 1. The number of nitrogens with zero attached hydrogens (tertiary/aromatic N) is 1. The van der Waals surface area contributed by atoms with Crippen molar-refractivity contribution in [3.63, 3.8) is 0 Å². The predicted octanol–water partition coefficient (Wildman–Crippen LogP) is 3.15. The molecule has 4 nitrogen and oxygen atoms in total. The molecule has 0 bridgehead atoms. The minimum absolute atomic E-state index is 0.0554. The van der Waals surface area contributed by atoms with Crippen LogP contribution in [0.25, 0.3) is 0 Å². The van der Waals surface area contributed by atoms with Crippen LogP contribution >= 0.6 is 15.9 Å². The highest BCUT2D eigenvalue weighted by Crippen LogP contribution is 2.26. The molecule has 2 rings (SSSR count). The number of hydrogen-bond donors (Lipinski definition) is 2. The van der Waals surface area contributed by atoms with Gasteiger partial charge in [0.05, 0.1) is 11.3 Å². The fourth-order valence-electron chi connectivity index (χ4n) is 1.73. The van der Waals surface area contributed by atoms with Crippen molar-refractivity contribution in [1.29, 1.82) is 0 Å². The molecule has 0 atom stereocenters. The van der Waals surface area contributed by atoms with Crippen molar-refractivity contribution >= 4 is 33.2 Å². The smallest absolute Gasteiger partial charge is 0.259 e.